The van der Waals surface area contributed by atoms with Crippen LogP contribution in [0.15, 0.2) is 17.3 Å². The van der Waals surface area contributed by atoms with Crippen molar-refractivity contribution in [2.45, 2.75) is 12.8 Å². The van der Waals surface area contributed by atoms with E-state index in [1.807, 2.05) is 0 Å². The lowest BCUT2D eigenvalue weighted by Gasteiger charge is -2.32. The van der Waals surface area contributed by atoms with Crippen molar-refractivity contribution < 1.29 is 19.5 Å². The second-order valence-electron chi connectivity index (χ2n) is 5.77. The summed E-state index contributed by atoms with van der Waals surface area (Å²) in [5.74, 6) is 0.656. The van der Waals surface area contributed by atoms with Crippen molar-refractivity contribution in [3.63, 3.8) is 0 Å². The van der Waals surface area contributed by atoms with Gasteiger partial charge in [0.15, 0.2) is 0 Å². The lowest BCUT2D eigenvalue weighted by molar-refractivity contribution is -0.115. The number of carbonyl (C=O) groups excluding carboxylic acids is 2. The summed E-state index contributed by atoms with van der Waals surface area (Å²) in [7, 11) is 0. The molecule has 0 unspecified atom stereocenters. The number of rotatable bonds is 4. The summed E-state index contributed by atoms with van der Waals surface area (Å²) in [6, 6.07) is 1.78. The number of hydrogen-bond acceptors (Lipinski definition) is 7. The van der Waals surface area contributed by atoms with Gasteiger partial charge >= 0.3 is 6.09 Å². The number of amides is 3. The standard InChI is InChI=1S/C15H17N5O4S/c21-13-11(25-15(24)19-13)5-10-6-12(18-8-17-10)20-3-1-9(2-4-20)7-16-14(22)23/h5-6,8-9,16H,1-4,7H2,(H,22,23)(H,19,21,24). The third-order valence-electron chi connectivity index (χ3n) is 4.08. The Morgan fingerprint density at radius 3 is 2.80 bits per heavy atom. The zero-order chi connectivity index (χ0) is 17.8. The van der Waals surface area contributed by atoms with Gasteiger partial charge in [0.2, 0.25) is 0 Å². The van der Waals surface area contributed by atoms with Crippen LogP contribution in [0.2, 0.25) is 0 Å². The molecule has 1 aromatic heterocycles. The van der Waals surface area contributed by atoms with Gasteiger partial charge in [0.05, 0.1) is 10.6 Å². The fourth-order valence-electron chi connectivity index (χ4n) is 2.77. The Kier molecular flexibility index (Phi) is 5.17. The number of piperidine rings is 1. The Hall–Kier alpha value is -2.62. The summed E-state index contributed by atoms with van der Waals surface area (Å²) >= 11 is 0.851. The minimum absolute atomic E-state index is 0.313. The summed E-state index contributed by atoms with van der Waals surface area (Å²) in [4.78, 5) is 44.2. The van der Waals surface area contributed by atoms with E-state index >= 15 is 0 Å². The predicted octanol–water partition coefficient (Wildman–Crippen LogP) is 1.28. The highest BCUT2D eigenvalue weighted by Gasteiger charge is 2.25. The molecule has 0 radical (unpaired) electrons. The first kappa shape index (κ1) is 17.2. The van der Waals surface area contributed by atoms with Gasteiger partial charge in [-0.2, -0.15) is 0 Å². The van der Waals surface area contributed by atoms with Crippen molar-refractivity contribution in [2.24, 2.45) is 5.92 Å². The fourth-order valence-corrected chi connectivity index (χ4v) is 3.43. The summed E-state index contributed by atoms with van der Waals surface area (Å²) in [6.07, 6.45) is 3.74. The van der Waals surface area contributed by atoms with Crippen molar-refractivity contribution in [1.82, 2.24) is 20.6 Å². The molecule has 0 aromatic carbocycles. The van der Waals surface area contributed by atoms with Gasteiger partial charge in [-0.3, -0.25) is 14.9 Å². The van der Waals surface area contributed by atoms with E-state index < -0.39 is 12.0 Å². The molecule has 2 aliphatic rings. The number of carbonyl (C=O) groups is 3. The maximum absolute atomic E-state index is 11.6. The molecule has 2 fully saturated rings. The number of hydrogen-bond donors (Lipinski definition) is 3. The number of nitrogens with zero attached hydrogens (tertiary/aromatic N) is 3. The molecule has 9 nitrogen and oxygen atoms in total. The average molecular weight is 363 g/mol. The second-order valence-corrected chi connectivity index (χ2v) is 6.78. The van der Waals surface area contributed by atoms with Gasteiger partial charge in [-0.25, -0.2) is 14.8 Å². The molecular weight excluding hydrogens is 346 g/mol. The van der Waals surface area contributed by atoms with Crippen molar-refractivity contribution >= 4 is 40.9 Å². The van der Waals surface area contributed by atoms with E-state index in [1.54, 1.807) is 12.1 Å². The molecule has 25 heavy (non-hydrogen) atoms. The molecule has 0 aliphatic carbocycles. The first-order valence-corrected chi connectivity index (χ1v) is 8.61. The Labute approximate surface area is 147 Å². The summed E-state index contributed by atoms with van der Waals surface area (Å²) in [6.45, 7) is 2.00. The molecule has 1 aromatic rings. The first-order chi connectivity index (χ1) is 12.0. The van der Waals surface area contributed by atoms with Crippen molar-refractivity contribution in [3.8, 4) is 0 Å². The predicted molar refractivity (Wildman–Crippen MR) is 92.1 cm³/mol. The molecule has 3 rings (SSSR count). The van der Waals surface area contributed by atoms with Crippen molar-refractivity contribution in [3.05, 3.63) is 23.0 Å². The van der Waals surface area contributed by atoms with Crippen LogP contribution in [-0.2, 0) is 4.79 Å². The Bertz CT molecular complexity index is 730. The first-order valence-electron chi connectivity index (χ1n) is 7.80. The third-order valence-corrected chi connectivity index (χ3v) is 4.89. The zero-order valence-corrected chi connectivity index (χ0v) is 14.1. The number of aromatic nitrogens is 2. The minimum Gasteiger partial charge on any atom is -0.465 e. The van der Waals surface area contributed by atoms with Crippen LogP contribution in [0.5, 0.6) is 0 Å². The van der Waals surface area contributed by atoms with E-state index in [4.69, 9.17) is 5.11 Å². The van der Waals surface area contributed by atoms with Crippen molar-refractivity contribution in [2.75, 3.05) is 24.5 Å². The summed E-state index contributed by atoms with van der Waals surface area (Å²) in [5.41, 5.74) is 0.562. The van der Waals surface area contributed by atoms with Crippen LogP contribution in [0.25, 0.3) is 6.08 Å². The van der Waals surface area contributed by atoms with Crippen LogP contribution in [0.3, 0.4) is 0 Å². The number of carboxylic acid groups (broad SMARTS) is 1. The molecule has 3 amide bonds. The van der Waals surface area contributed by atoms with E-state index in [0.29, 0.717) is 23.1 Å². The zero-order valence-electron chi connectivity index (χ0n) is 13.3. The highest BCUT2D eigenvalue weighted by molar-refractivity contribution is 8.18. The van der Waals surface area contributed by atoms with Crippen LogP contribution in [0.4, 0.5) is 15.4 Å². The normalized spacial score (nSPS) is 20.0. The number of anilines is 1. The fraction of sp³-hybridized carbons (Fsp3) is 0.400. The summed E-state index contributed by atoms with van der Waals surface area (Å²) < 4.78 is 0. The van der Waals surface area contributed by atoms with Crippen LogP contribution in [0, 0.1) is 5.92 Å². The van der Waals surface area contributed by atoms with E-state index in [0.717, 1.165) is 43.5 Å². The molecule has 2 aliphatic heterocycles. The quantitative estimate of drug-likeness (QED) is 0.684. The number of imide groups is 1. The average Bonchev–Trinajstić information content (AvgIpc) is 2.91. The van der Waals surface area contributed by atoms with Gasteiger partial charge in [0.1, 0.15) is 12.1 Å². The number of thioether (sulfide) groups is 1. The monoisotopic (exact) mass is 363 g/mol. The van der Waals surface area contributed by atoms with E-state index in [-0.39, 0.29) is 5.24 Å². The highest BCUT2D eigenvalue weighted by Crippen LogP contribution is 2.26. The maximum Gasteiger partial charge on any atom is 0.404 e. The van der Waals surface area contributed by atoms with Crippen molar-refractivity contribution in [1.29, 1.82) is 0 Å². The van der Waals surface area contributed by atoms with Gasteiger partial charge in [-0.05, 0) is 36.6 Å². The smallest absolute Gasteiger partial charge is 0.404 e. The molecule has 3 N–H and O–H groups in total. The Morgan fingerprint density at radius 2 is 2.16 bits per heavy atom. The molecule has 132 valence electrons. The second kappa shape index (κ2) is 7.51. The van der Waals surface area contributed by atoms with Crippen LogP contribution in [-0.4, -0.2) is 51.9 Å². The molecule has 0 spiro atoms. The van der Waals surface area contributed by atoms with Crippen LogP contribution in [0.1, 0.15) is 18.5 Å². The molecule has 0 atom stereocenters. The lowest BCUT2D eigenvalue weighted by atomic mass is 9.97. The maximum atomic E-state index is 11.6. The molecule has 3 heterocycles. The van der Waals surface area contributed by atoms with Gasteiger partial charge in [0, 0.05) is 25.7 Å². The largest absolute Gasteiger partial charge is 0.465 e. The minimum atomic E-state index is -0.997. The molecule has 10 heteroatoms. The molecule has 2 saturated heterocycles. The van der Waals surface area contributed by atoms with Crippen LogP contribution >= 0.6 is 11.8 Å². The topological polar surface area (TPSA) is 125 Å². The molecule has 0 saturated carbocycles. The number of nitrogens with one attached hydrogen (secondary N) is 2. The van der Waals surface area contributed by atoms with E-state index in [2.05, 4.69) is 25.5 Å². The lowest BCUT2D eigenvalue weighted by Crippen LogP contribution is -2.38. The van der Waals surface area contributed by atoms with Gasteiger partial charge in [-0.15, -0.1) is 0 Å². The Balaban J connectivity index is 1.63. The Morgan fingerprint density at radius 1 is 1.40 bits per heavy atom. The highest BCUT2D eigenvalue weighted by atomic mass is 32.2. The molecule has 0 bridgehead atoms. The molecular formula is C15H17N5O4S. The van der Waals surface area contributed by atoms with E-state index in [1.165, 1.54) is 6.33 Å². The van der Waals surface area contributed by atoms with Crippen LogP contribution < -0.4 is 15.5 Å². The summed E-state index contributed by atoms with van der Waals surface area (Å²) in [5, 5.41) is 12.9. The SMILES string of the molecule is O=C(O)NCC1CCN(c2cc(C=C3SC(=O)NC3=O)ncn2)CC1. The third kappa shape index (κ3) is 4.47. The van der Waals surface area contributed by atoms with E-state index in [9.17, 15) is 14.4 Å². The van der Waals surface area contributed by atoms with Gasteiger partial charge in [0.25, 0.3) is 11.1 Å². The van der Waals surface area contributed by atoms with Gasteiger partial charge < -0.3 is 15.3 Å². The van der Waals surface area contributed by atoms with Gasteiger partial charge in [-0.1, -0.05) is 0 Å².